The molecule has 28 heavy (non-hydrogen) atoms. The lowest BCUT2D eigenvalue weighted by molar-refractivity contribution is 0.0977. The molecular formula is C22H21N3O2S. The Hall–Kier alpha value is -3.38. The van der Waals surface area contributed by atoms with Gasteiger partial charge in [0.1, 0.15) is 5.75 Å². The average molecular weight is 391 g/mol. The van der Waals surface area contributed by atoms with Crippen LogP contribution in [-0.4, -0.2) is 25.1 Å². The minimum Gasteiger partial charge on any atom is -0.455 e. The third kappa shape index (κ3) is 5.08. The summed E-state index contributed by atoms with van der Waals surface area (Å²) in [6.07, 6.45) is 0. The van der Waals surface area contributed by atoms with E-state index in [2.05, 4.69) is 10.6 Å². The Morgan fingerprint density at radius 2 is 1.54 bits per heavy atom. The average Bonchev–Trinajstić information content (AvgIpc) is 2.70. The lowest BCUT2D eigenvalue weighted by atomic mass is 10.2. The number of nitrogens with zero attached hydrogens (tertiary/aromatic N) is 1. The van der Waals surface area contributed by atoms with Crippen molar-refractivity contribution in [2.45, 2.75) is 0 Å². The zero-order valence-electron chi connectivity index (χ0n) is 15.7. The molecule has 5 nitrogen and oxygen atoms in total. The molecule has 0 aromatic heterocycles. The van der Waals surface area contributed by atoms with E-state index in [0.717, 1.165) is 5.69 Å². The minimum absolute atomic E-state index is 0.202. The van der Waals surface area contributed by atoms with Crippen LogP contribution in [0, 0.1) is 0 Å². The SMILES string of the molecule is CN(C)c1ccc(Oc2ccccc2NC(=S)NC(=O)c2ccccc2)cc1. The summed E-state index contributed by atoms with van der Waals surface area (Å²) >= 11 is 5.28. The molecule has 0 aliphatic heterocycles. The molecule has 3 aromatic carbocycles. The van der Waals surface area contributed by atoms with E-state index in [1.165, 1.54) is 0 Å². The van der Waals surface area contributed by atoms with Gasteiger partial charge in [-0.05, 0) is 60.7 Å². The Morgan fingerprint density at radius 1 is 0.893 bits per heavy atom. The highest BCUT2D eigenvalue weighted by atomic mass is 32.1. The molecular weight excluding hydrogens is 370 g/mol. The third-order valence-corrected chi connectivity index (χ3v) is 4.18. The van der Waals surface area contributed by atoms with Crippen molar-refractivity contribution in [1.82, 2.24) is 5.32 Å². The number of rotatable bonds is 5. The quantitative estimate of drug-likeness (QED) is 0.619. The predicted molar refractivity (Wildman–Crippen MR) is 117 cm³/mol. The second-order valence-corrected chi connectivity index (χ2v) is 6.67. The van der Waals surface area contributed by atoms with Crippen molar-refractivity contribution in [3.8, 4) is 11.5 Å². The Morgan fingerprint density at radius 3 is 2.21 bits per heavy atom. The first-order valence-electron chi connectivity index (χ1n) is 8.74. The molecule has 0 aliphatic carbocycles. The maximum atomic E-state index is 12.2. The molecule has 0 spiro atoms. The van der Waals surface area contributed by atoms with Crippen LogP contribution in [0.4, 0.5) is 11.4 Å². The summed E-state index contributed by atoms with van der Waals surface area (Å²) in [5.41, 5.74) is 2.29. The van der Waals surface area contributed by atoms with Gasteiger partial charge in [0.25, 0.3) is 5.91 Å². The van der Waals surface area contributed by atoms with Crippen molar-refractivity contribution in [2.75, 3.05) is 24.3 Å². The van der Waals surface area contributed by atoms with Crippen LogP contribution < -0.4 is 20.3 Å². The number of carbonyl (C=O) groups excluding carboxylic acids is 1. The van der Waals surface area contributed by atoms with E-state index in [-0.39, 0.29) is 11.0 Å². The highest BCUT2D eigenvalue weighted by molar-refractivity contribution is 7.80. The number of carbonyl (C=O) groups is 1. The van der Waals surface area contributed by atoms with Gasteiger partial charge in [-0.25, -0.2) is 0 Å². The molecule has 1 amide bonds. The molecule has 3 aromatic rings. The molecule has 6 heteroatoms. The van der Waals surface area contributed by atoms with Crippen LogP contribution >= 0.6 is 12.2 Å². The van der Waals surface area contributed by atoms with Gasteiger partial charge >= 0.3 is 0 Å². The third-order valence-electron chi connectivity index (χ3n) is 3.98. The van der Waals surface area contributed by atoms with Gasteiger partial charge in [-0.3, -0.25) is 10.1 Å². The maximum absolute atomic E-state index is 12.2. The minimum atomic E-state index is -0.268. The maximum Gasteiger partial charge on any atom is 0.257 e. The van der Waals surface area contributed by atoms with Gasteiger partial charge in [0.05, 0.1) is 5.69 Å². The van der Waals surface area contributed by atoms with Gasteiger partial charge < -0.3 is 15.0 Å². The van der Waals surface area contributed by atoms with Crippen LogP contribution in [-0.2, 0) is 0 Å². The molecule has 0 radical (unpaired) electrons. The van der Waals surface area contributed by atoms with Crippen molar-refractivity contribution < 1.29 is 9.53 Å². The van der Waals surface area contributed by atoms with Crippen LogP contribution in [0.5, 0.6) is 11.5 Å². The predicted octanol–water partition coefficient (Wildman–Crippen LogP) is 4.67. The largest absolute Gasteiger partial charge is 0.455 e. The lowest BCUT2D eigenvalue weighted by Gasteiger charge is -2.15. The number of ether oxygens (including phenoxy) is 1. The molecule has 0 aliphatic rings. The number of thiocarbonyl (C=S) groups is 1. The van der Waals surface area contributed by atoms with E-state index in [0.29, 0.717) is 22.7 Å². The van der Waals surface area contributed by atoms with Crippen LogP contribution in [0.2, 0.25) is 0 Å². The topological polar surface area (TPSA) is 53.6 Å². The van der Waals surface area contributed by atoms with Crippen molar-refractivity contribution in [2.24, 2.45) is 0 Å². The summed E-state index contributed by atoms with van der Waals surface area (Å²) in [4.78, 5) is 14.3. The van der Waals surface area contributed by atoms with Crippen LogP contribution in [0.1, 0.15) is 10.4 Å². The van der Waals surface area contributed by atoms with Gasteiger partial charge in [0.15, 0.2) is 10.9 Å². The number of benzene rings is 3. The van der Waals surface area contributed by atoms with Gasteiger partial charge in [-0.15, -0.1) is 0 Å². The number of anilines is 2. The Labute approximate surface area is 169 Å². The fourth-order valence-corrected chi connectivity index (χ4v) is 2.72. The summed E-state index contributed by atoms with van der Waals surface area (Å²) in [6, 6.07) is 24.1. The summed E-state index contributed by atoms with van der Waals surface area (Å²) < 4.78 is 5.98. The molecule has 0 heterocycles. The van der Waals surface area contributed by atoms with E-state index in [9.17, 15) is 4.79 Å². The van der Waals surface area contributed by atoms with Crippen molar-refractivity contribution in [3.63, 3.8) is 0 Å². The number of nitrogens with one attached hydrogen (secondary N) is 2. The summed E-state index contributed by atoms with van der Waals surface area (Å²) in [7, 11) is 3.97. The first-order chi connectivity index (χ1) is 13.5. The molecule has 0 bridgehead atoms. The zero-order valence-corrected chi connectivity index (χ0v) is 16.5. The number of para-hydroxylation sites is 2. The highest BCUT2D eigenvalue weighted by Crippen LogP contribution is 2.30. The van der Waals surface area contributed by atoms with E-state index < -0.39 is 0 Å². The van der Waals surface area contributed by atoms with Crippen LogP contribution in [0.3, 0.4) is 0 Å². The monoisotopic (exact) mass is 391 g/mol. The normalized spacial score (nSPS) is 10.1. The Balaban J connectivity index is 1.68. The smallest absolute Gasteiger partial charge is 0.257 e. The van der Waals surface area contributed by atoms with Crippen molar-refractivity contribution in [3.05, 3.63) is 84.4 Å². The molecule has 0 unspecified atom stereocenters. The number of hydrogen-bond acceptors (Lipinski definition) is 4. The number of amides is 1. The molecule has 142 valence electrons. The number of hydrogen-bond donors (Lipinski definition) is 2. The Kier molecular flexibility index (Phi) is 6.24. The van der Waals surface area contributed by atoms with Gasteiger partial charge in [0, 0.05) is 25.3 Å². The first-order valence-corrected chi connectivity index (χ1v) is 9.15. The fourth-order valence-electron chi connectivity index (χ4n) is 2.52. The highest BCUT2D eigenvalue weighted by Gasteiger charge is 2.10. The molecule has 0 saturated heterocycles. The zero-order chi connectivity index (χ0) is 19.9. The van der Waals surface area contributed by atoms with E-state index in [1.807, 2.05) is 73.6 Å². The Bertz CT molecular complexity index is 957. The van der Waals surface area contributed by atoms with Crippen LogP contribution in [0.15, 0.2) is 78.9 Å². The second-order valence-electron chi connectivity index (χ2n) is 6.26. The van der Waals surface area contributed by atoms with Crippen LogP contribution in [0.25, 0.3) is 0 Å². The summed E-state index contributed by atoms with van der Waals surface area (Å²) in [6.45, 7) is 0. The first kappa shape index (κ1) is 19.4. The van der Waals surface area contributed by atoms with Gasteiger partial charge in [-0.2, -0.15) is 0 Å². The molecule has 0 fully saturated rings. The van der Waals surface area contributed by atoms with Crippen molar-refractivity contribution in [1.29, 1.82) is 0 Å². The molecule has 2 N–H and O–H groups in total. The van der Waals surface area contributed by atoms with E-state index in [4.69, 9.17) is 17.0 Å². The fraction of sp³-hybridized carbons (Fsp3) is 0.0909. The lowest BCUT2D eigenvalue weighted by Crippen LogP contribution is -2.34. The van der Waals surface area contributed by atoms with Gasteiger partial charge in [-0.1, -0.05) is 30.3 Å². The van der Waals surface area contributed by atoms with E-state index in [1.54, 1.807) is 24.3 Å². The molecule has 3 rings (SSSR count). The summed E-state index contributed by atoms with van der Waals surface area (Å²) in [5, 5.41) is 5.91. The van der Waals surface area contributed by atoms with Crippen molar-refractivity contribution >= 4 is 34.6 Å². The molecule has 0 atom stereocenters. The van der Waals surface area contributed by atoms with E-state index >= 15 is 0 Å². The summed E-state index contributed by atoms with van der Waals surface area (Å²) in [5.74, 6) is 1.05. The standard InChI is InChI=1S/C22H21N3O2S/c1-25(2)17-12-14-18(15-13-17)27-20-11-7-6-10-19(20)23-22(28)24-21(26)16-8-4-3-5-9-16/h3-15H,1-2H3,(H2,23,24,26,28). The molecule has 0 saturated carbocycles. The second kappa shape index (κ2) is 9.01. The van der Waals surface area contributed by atoms with Gasteiger partial charge in [0.2, 0.25) is 0 Å².